The smallest absolute Gasteiger partial charge is 0.459 e. The number of nitrogens with zero attached hydrogens (tertiary/aromatic N) is 4. The first-order valence-corrected chi connectivity index (χ1v) is 15.1. The fourth-order valence-corrected chi connectivity index (χ4v) is 6.02. The monoisotopic (exact) mass is 602 g/mol. The number of aliphatic hydroxyl groups excluding tert-OH is 2. The van der Waals surface area contributed by atoms with Gasteiger partial charge in [-0.3, -0.25) is 13.7 Å². The van der Waals surface area contributed by atoms with E-state index in [1.54, 1.807) is 30.3 Å². The van der Waals surface area contributed by atoms with E-state index in [1.807, 2.05) is 19.9 Å². The summed E-state index contributed by atoms with van der Waals surface area (Å²) >= 11 is 0. The van der Waals surface area contributed by atoms with Crippen LogP contribution in [0.3, 0.4) is 0 Å². The zero-order valence-corrected chi connectivity index (χ0v) is 24.4. The first-order chi connectivity index (χ1) is 20.1. The van der Waals surface area contributed by atoms with Crippen LogP contribution < -0.4 is 15.3 Å². The number of benzene rings is 1. The predicted molar refractivity (Wildman–Crippen MR) is 150 cm³/mol. The second kappa shape index (κ2) is 13.2. The summed E-state index contributed by atoms with van der Waals surface area (Å²) in [4.78, 5) is 20.6. The molecule has 1 aliphatic rings. The Hall–Kier alpha value is -3.57. The van der Waals surface area contributed by atoms with Crippen molar-refractivity contribution in [2.75, 3.05) is 18.9 Å². The number of carbonyl (C=O) groups is 1. The van der Waals surface area contributed by atoms with Crippen molar-refractivity contribution in [2.45, 2.75) is 63.6 Å². The van der Waals surface area contributed by atoms with Crippen molar-refractivity contribution in [3.63, 3.8) is 0 Å². The predicted octanol–water partition coefficient (Wildman–Crippen LogP) is 2.31. The summed E-state index contributed by atoms with van der Waals surface area (Å²) < 4.78 is 37.8. The van der Waals surface area contributed by atoms with Gasteiger partial charge >= 0.3 is 13.7 Å². The number of nitrogens with one attached hydrogen (secondary N) is 1. The Morgan fingerprint density at radius 2 is 2.00 bits per heavy atom. The van der Waals surface area contributed by atoms with Gasteiger partial charge in [0.15, 0.2) is 0 Å². The molecule has 1 aromatic carbocycles. The molecule has 0 radical (unpaired) electrons. The number of hydrogen-bond acceptors (Lipinski definition) is 12. The molecule has 3 aromatic rings. The van der Waals surface area contributed by atoms with Crippen molar-refractivity contribution < 1.29 is 38.1 Å². The second-order valence-electron chi connectivity index (χ2n) is 9.99. The standard InChI is InChI=1S/C27H35N6O8P/c1-4-18(5-2)13-38-25(36)17(3)32-42(37,41-20-9-7-6-8-10-20)39-14-21-23(34)24(35)27(15-28,40-21)19-11-22-30-16-31-26(29)33(22)12-19/h6-12,16-18,21,23-24,34-35H,4-5,13-14H2,1-3H3,(H,32,37)(H2,29,30,31)/t17?,21-,23+,24-,27+,42?/m1/s1. The summed E-state index contributed by atoms with van der Waals surface area (Å²) in [5.74, 6) is -0.185. The highest BCUT2D eigenvalue weighted by Gasteiger charge is 2.57. The van der Waals surface area contributed by atoms with E-state index in [-0.39, 0.29) is 29.8 Å². The molecule has 15 heteroatoms. The van der Waals surface area contributed by atoms with E-state index < -0.39 is 50.3 Å². The number of aromatic nitrogens is 3. The first-order valence-electron chi connectivity index (χ1n) is 13.5. The fourth-order valence-electron chi connectivity index (χ4n) is 4.52. The molecule has 0 amide bonds. The van der Waals surface area contributed by atoms with E-state index in [0.29, 0.717) is 5.65 Å². The number of rotatable bonds is 13. The second-order valence-corrected chi connectivity index (χ2v) is 11.7. The van der Waals surface area contributed by atoms with E-state index >= 15 is 0 Å². The maximum absolute atomic E-state index is 13.9. The van der Waals surface area contributed by atoms with Gasteiger partial charge in [-0.15, -0.1) is 0 Å². The summed E-state index contributed by atoms with van der Waals surface area (Å²) in [6, 6.07) is 10.5. The zero-order chi connectivity index (χ0) is 30.5. The van der Waals surface area contributed by atoms with Crippen molar-refractivity contribution in [1.29, 1.82) is 5.26 Å². The van der Waals surface area contributed by atoms with Gasteiger partial charge < -0.3 is 29.9 Å². The van der Waals surface area contributed by atoms with E-state index in [1.165, 1.54) is 29.9 Å². The molecule has 0 bridgehead atoms. The molecular weight excluding hydrogens is 567 g/mol. The largest absolute Gasteiger partial charge is 0.464 e. The van der Waals surface area contributed by atoms with E-state index in [4.69, 9.17) is 24.3 Å². The minimum Gasteiger partial charge on any atom is -0.464 e. The molecule has 1 saturated heterocycles. The molecule has 1 fully saturated rings. The molecule has 5 N–H and O–H groups in total. The highest BCUT2D eigenvalue weighted by molar-refractivity contribution is 7.52. The summed E-state index contributed by atoms with van der Waals surface area (Å²) in [5, 5.41) is 34.5. The van der Waals surface area contributed by atoms with Crippen LogP contribution in [0.25, 0.3) is 5.65 Å². The fraction of sp³-hybridized carbons (Fsp3) is 0.481. The Morgan fingerprint density at radius 1 is 1.29 bits per heavy atom. The molecular formula is C27H35N6O8P. The van der Waals surface area contributed by atoms with Crippen molar-refractivity contribution >= 4 is 25.3 Å². The van der Waals surface area contributed by atoms with Crippen molar-refractivity contribution in [2.24, 2.45) is 5.92 Å². The summed E-state index contributed by atoms with van der Waals surface area (Å²) in [7, 11) is -4.31. The Bertz CT molecular complexity index is 1460. The lowest BCUT2D eigenvalue weighted by Crippen LogP contribution is -2.40. The molecule has 14 nitrogen and oxygen atoms in total. The Balaban J connectivity index is 1.52. The van der Waals surface area contributed by atoms with Gasteiger partial charge in [-0.05, 0) is 31.0 Å². The number of fused-ring (bicyclic) bond motifs is 1. The maximum Gasteiger partial charge on any atom is 0.459 e. The number of para-hydroxylation sites is 1. The topological polar surface area (TPSA) is 204 Å². The molecule has 3 heterocycles. The quantitative estimate of drug-likeness (QED) is 0.164. The zero-order valence-electron chi connectivity index (χ0n) is 23.5. The summed E-state index contributed by atoms with van der Waals surface area (Å²) in [5.41, 5.74) is 4.36. The van der Waals surface area contributed by atoms with Gasteiger partial charge in [0.2, 0.25) is 11.5 Å². The molecule has 6 atom stereocenters. The number of nitrogen functional groups attached to an aromatic ring is 1. The van der Waals surface area contributed by atoms with Crippen LogP contribution >= 0.6 is 7.75 Å². The van der Waals surface area contributed by atoms with E-state index in [0.717, 1.165) is 12.8 Å². The van der Waals surface area contributed by atoms with Crippen LogP contribution in [0.4, 0.5) is 5.95 Å². The molecule has 4 rings (SSSR count). The molecule has 42 heavy (non-hydrogen) atoms. The van der Waals surface area contributed by atoms with Crippen LogP contribution in [-0.2, 0) is 29.0 Å². The Kier molecular flexibility index (Phi) is 9.83. The number of carbonyl (C=O) groups excluding carboxylic acids is 1. The lowest BCUT2D eigenvalue weighted by Gasteiger charge is -2.25. The summed E-state index contributed by atoms with van der Waals surface area (Å²) in [6.07, 6.45) is -0.322. The van der Waals surface area contributed by atoms with Crippen LogP contribution in [0.15, 0.2) is 48.9 Å². The third-order valence-corrected chi connectivity index (χ3v) is 8.82. The molecule has 0 saturated carbocycles. The van der Waals surface area contributed by atoms with Gasteiger partial charge in [0.1, 0.15) is 48.1 Å². The number of nitrogens with two attached hydrogens (primary N) is 1. The third-order valence-electron chi connectivity index (χ3n) is 7.18. The van der Waals surface area contributed by atoms with E-state index in [9.17, 15) is 24.8 Å². The van der Waals surface area contributed by atoms with Crippen molar-refractivity contribution in [1.82, 2.24) is 19.5 Å². The molecule has 0 aliphatic carbocycles. The Morgan fingerprint density at radius 3 is 2.64 bits per heavy atom. The number of nitriles is 1. The first kappa shape index (κ1) is 31.4. The molecule has 226 valence electrons. The third kappa shape index (κ3) is 6.57. The van der Waals surface area contributed by atoms with Gasteiger partial charge in [-0.2, -0.15) is 10.3 Å². The van der Waals surface area contributed by atoms with E-state index in [2.05, 4.69) is 15.1 Å². The van der Waals surface area contributed by atoms with Crippen molar-refractivity contribution in [3.8, 4) is 11.8 Å². The normalized spacial score (nSPS) is 24.3. The van der Waals surface area contributed by atoms with Gasteiger partial charge in [0.05, 0.1) is 13.2 Å². The molecule has 2 aromatic heterocycles. The maximum atomic E-state index is 13.9. The van der Waals surface area contributed by atoms with Gasteiger partial charge in [0.25, 0.3) is 0 Å². The highest BCUT2D eigenvalue weighted by Crippen LogP contribution is 2.47. The average molecular weight is 603 g/mol. The lowest BCUT2D eigenvalue weighted by molar-refractivity contribution is -0.146. The lowest BCUT2D eigenvalue weighted by atomic mass is 9.90. The van der Waals surface area contributed by atoms with Crippen LogP contribution in [0.2, 0.25) is 0 Å². The van der Waals surface area contributed by atoms with Crippen LogP contribution in [0, 0.1) is 17.2 Å². The number of anilines is 1. The number of hydrogen-bond donors (Lipinski definition) is 4. The van der Waals surface area contributed by atoms with Crippen LogP contribution in [0.5, 0.6) is 5.75 Å². The Labute approximate surface area is 243 Å². The number of ether oxygens (including phenoxy) is 2. The SMILES string of the molecule is CCC(CC)COC(=O)C(C)NP(=O)(OC[C@H]1O[C@@](C#N)(c2cc3ncnc(N)n3c2)[C@H](O)[C@H]1O)Oc1ccccc1. The van der Waals surface area contributed by atoms with Crippen molar-refractivity contribution in [3.05, 3.63) is 54.5 Å². The van der Waals surface area contributed by atoms with Gasteiger partial charge in [-0.1, -0.05) is 44.9 Å². The van der Waals surface area contributed by atoms with Crippen LogP contribution in [-0.4, -0.2) is 68.1 Å². The summed E-state index contributed by atoms with van der Waals surface area (Å²) in [6.45, 7) is 5.09. The highest BCUT2D eigenvalue weighted by atomic mass is 31.2. The molecule has 1 aliphatic heterocycles. The number of aliphatic hydroxyl groups is 2. The molecule has 0 spiro atoms. The van der Waals surface area contributed by atoms with Gasteiger partial charge in [-0.25, -0.2) is 14.5 Å². The van der Waals surface area contributed by atoms with Gasteiger partial charge in [0, 0.05) is 11.8 Å². The minimum absolute atomic E-state index is 0.0879. The average Bonchev–Trinajstić information content (AvgIpc) is 3.53. The molecule has 2 unspecified atom stereocenters. The number of esters is 1. The minimum atomic E-state index is -4.31. The van der Waals surface area contributed by atoms with Crippen LogP contribution in [0.1, 0.15) is 39.2 Å².